The van der Waals surface area contributed by atoms with Crippen LogP contribution in [0.4, 0.5) is 11.5 Å². The van der Waals surface area contributed by atoms with Crippen molar-refractivity contribution in [2.24, 2.45) is 5.10 Å². The number of rotatable bonds is 7. The zero-order valence-electron chi connectivity index (χ0n) is 14.1. The first kappa shape index (κ1) is 18.5. The van der Waals surface area contributed by atoms with Gasteiger partial charge in [-0.15, -0.1) is 0 Å². The topological polar surface area (TPSA) is 89.7 Å². The SMILES string of the molecule is O=[N+]([O-])c1ccc(N/N=C\c2cc(Br)ccc2OCc2ccccc2)nc1. The minimum absolute atomic E-state index is 0.0758. The second-order valence-corrected chi connectivity index (χ2v) is 6.40. The van der Waals surface area contributed by atoms with Crippen LogP contribution in [0.3, 0.4) is 0 Å². The first-order valence-corrected chi connectivity index (χ1v) is 8.77. The van der Waals surface area contributed by atoms with E-state index in [1.807, 2.05) is 48.5 Å². The fourth-order valence-corrected chi connectivity index (χ4v) is 2.59. The summed E-state index contributed by atoms with van der Waals surface area (Å²) < 4.78 is 6.79. The van der Waals surface area contributed by atoms with Crippen molar-refractivity contribution in [3.05, 3.63) is 92.6 Å². The Balaban J connectivity index is 1.68. The largest absolute Gasteiger partial charge is 0.488 e. The molecular weight excluding hydrogens is 412 g/mol. The lowest BCUT2D eigenvalue weighted by Gasteiger charge is -2.09. The maximum Gasteiger partial charge on any atom is 0.287 e. The second-order valence-electron chi connectivity index (χ2n) is 5.49. The third-order valence-corrected chi connectivity index (χ3v) is 4.04. The fourth-order valence-electron chi connectivity index (χ4n) is 2.22. The number of hydrazone groups is 1. The van der Waals surface area contributed by atoms with E-state index >= 15 is 0 Å². The number of halogens is 1. The van der Waals surface area contributed by atoms with E-state index in [0.717, 1.165) is 15.6 Å². The molecule has 0 saturated carbocycles. The van der Waals surface area contributed by atoms with E-state index in [4.69, 9.17) is 4.74 Å². The molecule has 1 aromatic heterocycles. The number of nitrogens with zero attached hydrogens (tertiary/aromatic N) is 3. The monoisotopic (exact) mass is 426 g/mol. The van der Waals surface area contributed by atoms with Gasteiger partial charge in [-0.3, -0.25) is 15.5 Å². The Morgan fingerprint density at radius 2 is 2.00 bits per heavy atom. The predicted molar refractivity (Wildman–Crippen MR) is 107 cm³/mol. The lowest BCUT2D eigenvalue weighted by molar-refractivity contribution is -0.385. The maximum atomic E-state index is 10.6. The summed E-state index contributed by atoms with van der Waals surface area (Å²) in [4.78, 5) is 14.1. The number of pyridine rings is 1. The number of anilines is 1. The lowest BCUT2D eigenvalue weighted by atomic mass is 10.2. The Kier molecular flexibility index (Phi) is 6.11. The second kappa shape index (κ2) is 8.91. The van der Waals surface area contributed by atoms with Crippen LogP contribution in [0.25, 0.3) is 0 Å². The molecule has 0 amide bonds. The molecule has 27 heavy (non-hydrogen) atoms. The Labute approximate surface area is 164 Å². The van der Waals surface area contributed by atoms with Crippen LogP contribution >= 0.6 is 15.9 Å². The number of aromatic nitrogens is 1. The Morgan fingerprint density at radius 1 is 1.19 bits per heavy atom. The predicted octanol–water partition coefficient (Wildman–Crippen LogP) is 4.78. The van der Waals surface area contributed by atoms with Gasteiger partial charge in [0.05, 0.1) is 11.1 Å². The third kappa shape index (κ3) is 5.35. The highest BCUT2D eigenvalue weighted by atomic mass is 79.9. The number of hydrogen-bond donors (Lipinski definition) is 1. The maximum absolute atomic E-state index is 10.6. The highest BCUT2D eigenvalue weighted by Crippen LogP contribution is 2.23. The van der Waals surface area contributed by atoms with Gasteiger partial charge in [0, 0.05) is 16.1 Å². The van der Waals surface area contributed by atoms with Gasteiger partial charge < -0.3 is 4.74 Å². The number of ether oxygens (including phenoxy) is 1. The molecule has 1 N–H and O–H groups in total. The molecule has 0 unspecified atom stereocenters. The van der Waals surface area contributed by atoms with Crippen LogP contribution in [-0.2, 0) is 6.61 Å². The molecule has 0 aliphatic rings. The molecule has 3 aromatic rings. The molecule has 0 bridgehead atoms. The van der Waals surface area contributed by atoms with Gasteiger partial charge in [-0.25, -0.2) is 4.98 Å². The van der Waals surface area contributed by atoms with Crippen molar-refractivity contribution in [1.29, 1.82) is 0 Å². The quantitative estimate of drug-likeness (QED) is 0.333. The van der Waals surface area contributed by atoms with Crippen LogP contribution in [0.1, 0.15) is 11.1 Å². The van der Waals surface area contributed by atoms with Gasteiger partial charge in [-0.2, -0.15) is 5.10 Å². The molecule has 0 aliphatic heterocycles. The van der Waals surface area contributed by atoms with E-state index < -0.39 is 4.92 Å². The molecule has 0 radical (unpaired) electrons. The molecule has 0 fully saturated rings. The van der Waals surface area contributed by atoms with Crippen molar-refractivity contribution in [3.8, 4) is 5.75 Å². The first-order chi connectivity index (χ1) is 13.1. The molecule has 3 rings (SSSR count). The number of hydrogen-bond acceptors (Lipinski definition) is 6. The number of nitrogens with one attached hydrogen (secondary N) is 1. The van der Waals surface area contributed by atoms with Crippen molar-refractivity contribution in [2.75, 3.05) is 5.43 Å². The van der Waals surface area contributed by atoms with Crippen LogP contribution in [0, 0.1) is 10.1 Å². The van der Waals surface area contributed by atoms with Crippen molar-refractivity contribution in [1.82, 2.24) is 4.98 Å². The third-order valence-electron chi connectivity index (χ3n) is 3.55. The van der Waals surface area contributed by atoms with Gasteiger partial charge >= 0.3 is 0 Å². The van der Waals surface area contributed by atoms with Gasteiger partial charge in [-0.05, 0) is 29.8 Å². The van der Waals surface area contributed by atoms with Crippen LogP contribution in [0.5, 0.6) is 5.75 Å². The molecule has 0 spiro atoms. The summed E-state index contributed by atoms with van der Waals surface area (Å²) >= 11 is 3.44. The Morgan fingerprint density at radius 3 is 2.70 bits per heavy atom. The molecule has 0 saturated heterocycles. The standard InChI is InChI=1S/C19H15BrN4O3/c20-16-6-8-18(27-13-14-4-2-1-3-5-14)15(10-16)11-22-23-19-9-7-17(12-21-19)24(25)26/h1-12H,13H2,(H,21,23)/b22-11-. The molecule has 1 heterocycles. The van der Waals surface area contributed by atoms with Gasteiger partial charge in [0.2, 0.25) is 0 Å². The van der Waals surface area contributed by atoms with E-state index in [-0.39, 0.29) is 5.69 Å². The van der Waals surface area contributed by atoms with Crippen molar-refractivity contribution in [2.45, 2.75) is 6.61 Å². The molecular formula is C19H15BrN4O3. The molecule has 8 heteroatoms. The van der Waals surface area contributed by atoms with Crippen LogP contribution in [0.15, 0.2) is 76.4 Å². The highest BCUT2D eigenvalue weighted by molar-refractivity contribution is 9.10. The summed E-state index contributed by atoms with van der Waals surface area (Å²) in [5, 5.41) is 14.8. The summed E-state index contributed by atoms with van der Waals surface area (Å²) in [6.07, 6.45) is 2.78. The molecule has 0 atom stereocenters. The van der Waals surface area contributed by atoms with Crippen molar-refractivity contribution >= 4 is 33.6 Å². The van der Waals surface area contributed by atoms with Crippen LogP contribution in [-0.4, -0.2) is 16.1 Å². The molecule has 2 aromatic carbocycles. The smallest absolute Gasteiger partial charge is 0.287 e. The molecule has 136 valence electrons. The van der Waals surface area contributed by atoms with E-state index in [2.05, 4.69) is 31.4 Å². The zero-order chi connectivity index (χ0) is 19.1. The summed E-state index contributed by atoms with van der Waals surface area (Å²) in [6.45, 7) is 0.445. The van der Waals surface area contributed by atoms with Crippen LogP contribution in [0.2, 0.25) is 0 Å². The minimum atomic E-state index is -0.502. The number of nitro groups is 1. The molecule has 7 nitrogen and oxygen atoms in total. The lowest BCUT2D eigenvalue weighted by Crippen LogP contribution is -1.99. The summed E-state index contributed by atoms with van der Waals surface area (Å²) in [5.74, 6) is 1.09. The van der Waals surface area contributed by atoms with Gasteiger partial charge in [0.25, 0.3) is 5.69 Å². The fraction of sp³-hybridized carbons (Fsp3) is 0.0526. The Hall–Kier alpha value is -3.26. The summed E-state index contributed by atoms with van der Waals surface area (Å²) in [6, 6.07) is 18.4. The van der Waals surface area contributed by atoms with Gasteiger partial charge in [-0.1, -0.05) is 46.3 Å². The minimum Gasteiger partial charge on any atom is -0.488 e. The van der Waals surface area contributed by atoms with Crippen LogP contribution < -0.4 is 10.2 Å². The van der Waals surface area contributed by atoms with Gasteiger partial charge in [0.1, 0.15) is 24.4 Å². The normalized spacial score (nSPS) is 10.7. The summed E-state index contributed by atoms with van der Waals surface area (Å²) in [7, 11) is 0. The van der Waals surface area contributed by atoms with E-state index in [9.17, 15) is 10.1 Å². The Bertz CT molecular complexity index is 947. The number of benzene rings is 2. The van der Waals surface area contributed by atoms with E-state index in [1.165, 1.54) is 18.3 Å². The van der Waals surface area contributed by atoms with Crippen molar-refractivity contribution in [3.63, 3.8) is 0 Å². The molecule has 0 aliphatic carbocycles. The van der Waals surface area contributed by atoms with Crippen molar-refractivity contribution < 1.29 is 9.66 Å². The van der Waals surface area contributed by atoms with E-state index in [0.29, 0.717) is 18.2 Å². The average molecular weight is 427 g/mol. The average Bonchev–Trinajstić information content (AvgIpc) is 2.68. The highest BCUT2D eigenvalue weighted by Gasteiger charge is 2.05. The van der Waals surface area contributed by atoms with Gasteiger partial charge in [0.15, 0.2) is 0 Å². The first-order valence-electron chi connectivity index (χ1n) is 7.97. The summed E-state index contributed by atoms with van der Waals surface area (Å²) in [5.41, 5.74) is 4.51. The zero-order valence-corrected chi connectivity index (χ0v) is 15.7. The van der Waals surface area contributed by atoms with E-state index in [1.54, 1.807) is 6.21 Å².